The maximum absolute atomic E-state index is 11.2. The number of aryl methyl sites for hydroxylation is 1. The second kappa shape index (κ2) is 9.04. The van der Waals surface area contributed by atoms with E-state index in [0.717, 1.165) is 38.4 Å². The number of ether oxygens (including phenoxy) is 4. The van der Waals surface area contributed by atoms with Gasteiger partial charge in [0, 0.05) is 19.3 Å². The van der Waals surface area contributed by atoms with Gasteiger partial charge < -0.3 is 23.7 Å². The molecule has 1 aromatic rings. The van der Waals surface area contributed by atoms with Gasteiger partial charge in [-0.1, -0.05) is 30.3 Å². The molecule has 2 heterocycles. The maximum Gasteiger partial charge on any atom is 0.164 e. The molecule has 0 aromatic heterocycles. The van der Waals surface area contributed by atoms with Crippen LogP contribution in [0.5, 0.6) is 0 Å². The molecule has 5 nitrogen and oxygen atoms in total. The van der Waals surface area contributed by atoms with Crippen LogP contribution in [0.1, 0.15) is 65.4 Å². The van der Waals surface area contributed by atoms with E-state index in [4.69, 9.17) is 18.9 Å². The lowest BCUT2D eigenvalue weighted by atomic mass is 9.95. The third-order valence-corrected chi connectivity index (χ3v) is 5.32. The van der Waals surface area contributed by atoms with Gasteiger partial charge in [0.05, 0.1) is 18.3 Å². The van der Waals surface area contributed by atoms with Gasteiger partial charge in [-0.25, -0.2) is 0 Å². The van der Waals surface area contributed by atoms with Gasteiger partial charge in [0.25, 0.3) is 0 Å². The number of rotatable bonds is 7. The molecule has 1 aromatic carbocycles. The number of aldehydes is 1. The summed E-state index contributed by atoms with van der Waals surface area (Å²) >= 11 is 0. The molecule has 0 N–H and O–H groups in total. The Morgan fingerprint density at radius 3 is 2.18 bits per heavy atom. The van der Waals surface area contributed by atoms with Crippen molar-refractivity contribution in [1.82, 2.24) is 0 Å². The quantitative estimate of drug-likeness (QED) is 0.645. The van der Waals surface area contributed by atoms with Gasteiger partial charge in [-0.05, 0) is 52.5 Å². The van der Waals surface area contributed by atoms with Crippen molar-refractivity contribution < 1.29 is 23.7 Å². The van der Waals surface area contributed by atoms with E-state index in [-0.39, 0.29) is 18.3 Å². The van der Waals surface area contributed by atoms with Crippen LogP contribution in [-0.2, 0) is 30.2 Å². The van der Waals surface area contributed by atoms with E-state index in [9.17, 15) is 4.79 Å². The highest BCUT2D eigenvalue weighted by Crippen LogP contribution is 2.35. The molecule has 0 aliphatic carbocycles. The van der Waals surface area contributed by atoms with Crippen LogP contribution in [0, 0.1) is 0 Å². The molecule has 0 spiro atoms. The number of hydrogen-bond donors (Lipinski definition) is 0. The van der Waals surface area contributed by atoms with Crippen LogP contribution in [0.2, 0.25) is 0 Å². The molecule has 0 bridgehead atoms. The van der Waals surface area contributed by atoms with Gasteiger partial charge in [0.1, 0.15) is 12.4 Å². The highest BCUT2D eigenvalue weighted by molar-refractivity contribution is 5.56. The van der Waals surface area contributed by atoms with Gasteiger partial charge in [-0.2, -0.15) is 0 Å². The molecule has 156 valence electrons. The summed E-state index contributed by atoms with van der Waals surface area (Å²) in [4.78, 5) is 11.2. The molecule has 3 rings (SSSR count). The standard InChI is InChI=1S/C23H34O5/c1-22(2)25-18(12-8-11-17-9-6-5-7-10-17)13-19(26-22)14-20-15-21(16-24)28-23(3,4)27-20/h5-7,9-10,16,18-21H,8,11-15H2,1-4H3/t18-,19-,20?,21?/m1/s1. The van der Waals surface area contributed by atoms with Crippen molar-refractivity contribution in [3.63, 3.8) is 0 Å². The fourth-order valence-corrected chi connectivity index (χ4v) is 4.39. The average molecular weight is 391 g/mol. The van der Waals surface area contributed by atoms with Gasteiger partial charge in [-0.15, -0.1) is 0 Å². The van der Waals surface area contributed by atoms with E-state index in [1.807, 2.05) is 33.8 Å². The zero-order valence-corrected chi connectivity index (χ0v) is 17.6. The minimum atomic E-state index is -0.746. The predicted octanol–water partition coefficient (Wildman–Crippen LogP) is 4.42. The Hall–Kier alpha value is -1.27. The molecule has 2 aliphatic heterocycles. The normalized spacial score (nSPS) is 32.0. The zero-order valence-electron chi connectivity index (χ0n) is 17.6. The third-order valence-electron chi connectivity index (χ3n) is 5.32. The van der Waals surface area contributed by atoms with Crippen molar-refractivity contribution >= 4 is 6.29 Å². The molecule has 4 atom stereocenters. The third kappa shape index (κ3) is 6.38. The predicted molar refractivity (Wildman–Crippen MR) is 107 cm³/mol. The van der Waals surface area contributed by atoms with Crippen molar-refractivity contribution in [2.45, 2.75) is 102 Å². The molecular weight excluding hydrogens is 356 g/mol. The molecule has 2 fully saturated rings. The first kappa shape index (κ1) is 21.4. The number of benzene rings is 1. The maximum atomic E-state index is 11.2. The largest absolute Gasteiger partial charge is 0.347 e. The molecular formula is C23H34O5. The van der Waals surface area contributed by atoms with E-state index in [1.165, 1.54) is 5.56 Å². The van der Waals surface area contributed by atoms with Crippen LogP contribution in [-0.4, -0.2) is 42.3 Å². The number of carbonyl (C=O) groups excluding carboxylic acids is 1. The van der Waals surface area contributed by atoms with Gasteiger partial charge >= 0.3 is 0 Å². The first-order chi connectivity index (χ1) is 13.2. The second-order valence-corrected chi connectivity index (χ2v) is 8.90. The summed E-state index contributed by atoms with van der Waals surface area (Å²) in [6.07, 6.45) is 5.97. The zero-order chi connectivity index (χ0) is 20.2. The average Bonchev–Trinajstić information content (AvgIpc) is 2.60. The highest BCUT2D eigenvalue weighted by Gasteiger charge is 2.40. The Balaban J connectivity index is 1.53. The van der Waals surface area contributed by atoms with Crippen molar-refractivity contribution in [2.75, 3.05) is 0 Å². The fraction of sp³-hybridized carbons (Fsp3) is 0.696. The summed E-state index contributed by atoms with van der Waals surface area (Å²) in [5.74, 6) is -1.35. The molecule has 2 saturated heterocycles. The SMILES string of the molecule is CC1(C)OC(C=O)CC(C[C@H]2C[C@@H](CCCc3ccccc3)OC(C)(C)O2)O1. The minimum Gasteiger partial charge on any atom is -0.347 e. The van der Waals surface area contributed by atoms with Gasteiger partial charge in [0.2, 0.25) is 0 Å². The van der Waals surface area contributed by atoms with Crippen LogP contribution in [0.4, 0.5) is 0 Å². The molecule has 0 saturated carbocycles. The summed E-state index contributed by atoms with van der Waals surface area (Å²) in [5, 5.41) is 0. The van der Waals surface area contributed by atoms with Crippen molar-refractivity contribution in [3.05, 3.63) is 35.9 Å². The lowest BCUT2D eigenvalue weighted by molar-refractivity contribution is -0.321. The lowest BCUT2D eigenvalue weighted by Gasteiger charge is -2.44. The molecule has 0 radical (unpaired) electrons. The van der Waals surface area contributed by atoms with Crippen LogP contribution in [0.3, 0.4) is 0 Å². The fourth-order valence-electron chi connectivity index (χ4n) is 4.39. The van der Waals surface area contributed by atoms with Crippen LogP contribution in [0.25, 0.3) is 0 Å². The topological polar surface area (TPSA) is 54.0 Å². The molecule has 5 heteroatoms. The van der Waals surface area contributed by atoms with E-state index in [1.54, 1.807) is 0 Å². The Kier molecular flexibility index (Phi) is 6.92. The van der Waals surface area contributed by atoms with Crippen LogP contribution >= 0.6 is 0 Å². The Bertz CT molecular complexity index is 627. The summed E-state index contributed by atoms with van der Waals surface area (Å²) in [7, 11) is 0. The Labute approximate surface area is 168 Å². The lowest BCUT2D eigenvalue weighted by Crippen LogP contribution is -2.49. The molecule has 2 unspecified atom stereocenters. The van der Waals surface area contributed by atoms with E-state index >= 15 is 0 Å². The van der Waals surface area contributed by atoms with E-state index in [0.29, 0.717) is 6.42 Å². The number of carbonyl (C=O) groups is 1. The minimum absolute atomic E-state index is 0.0525. The molecule has 28 heavy (non-hydrogen) atoms. The smallest absolute Gasteiger partial charge is 0.164 e. The van der Waals surface area contributed by atoms with Gasteiger partial charge in [0.15, 0.2) is 11.6 Å². The van der Waals surface area contributed by atoms with Crippen LogP contribution in [0.15, 0.2) is 30.3 Å². The monoisotopic (exact) mass is 390 g/mol. The molecule has 2 aliphatic rings. The molecule has 0 amide bonds. The van der Waals surface area contributed by atoms with E-state index in [2.05, 4.69) is 24.3 Å². The van der Waals surface area contributed by atoms with Crippen LogP contribution < -0.4 is 0 Å². The highest BCUT2D eigenvalue weighted by atomic mass is 16.7. The van der Waals surface area contributed by atoms with Crippen molar-refractivity contribution in [2.24, 2.45) is 0 Å². The summed E-state index contributed by atoms with van der Waals surface area (Å²) in [6.45, 7) is 7.67. The first-order valence-electron chi connectivity index (χ1n) is 10.5. The van der Waals surface area contributed by atoms with E-state index < -0.39 is 17.7 Å². The summed E-state index contributed by atoms with van der Waals surface area (Å²) < 4.78 is 24.0. The van der Waals surface area contributed by atoms with Gasteiger partial charge in [-0.3, -0.25) is 0 Å². The summed E-state index contributed by atoms with van der Waals surface area (Å²) in [6, 6.07) is 10.6. The number of hydrogen-bond acceptors (Lipinski definition) is 5. The Morgan fingerprint density at radius 2 is 1.50 bits per heavy atom. The Morgan fingerprint density at radius 1 is 0.893 bits per heavy atom. The van der Waals surface area contributed by atoms with Crippen molar-refractivity contribution in [1.29, 1.82) is 0 Å². The second-order valence-electron chi connectivity index (χ2n) is 8.90. The summed E-state index contributed by atoms with van der Waals surface area (Å²) in [5.41, 5.74) is 1.36. The first-order valence-corrected chi connectivity index (χ1v) is 10.5. The van der Waals surface area contributed by atoms with Crippen molar-refractivity contribution in [3.8, 4) is 0 Å².